The summed E-state index contributed by atoms with van der Waals surface area (Å²) in [6, 6.07) is 41.9. The van der Waals surface area contributed by atoms with E-state index in [4.69, 9.17) is 15.4 Å². The summed E-state index contributed by atoms with van der Waals surface area (Å²) in [5.41, 5.74) is 10.9. The van der Waals surface area contributed by atoms with E-state index in [1.807, 2.05) is 54.6 Å². The van der Waals surface area contributed by atoms with Gasteiger partial charge in [0.2, 0.25) is 0 Å². The van der Waals surface area contributed by atoms with E-state index in [-0.39, 0.29) is 47.5 Å². The Labute approximate surface area is 388 Å². The van der Waals surface area contributed by atoms with Gasteiger partial charge in [-0.3, -0.25) is 0 Å². The number of hydrogen-bond donors (Lipinski definition) is 0. The predicted molar refractivity (Wildman–Crippen MR) is 253 cm³/mol. The maximum absolute atomic E-state index is 8.93. The summed E-state index contributed by atoms with van der Waals surface area (Å²) in [7, 11) is 0. The van der Waals surface area contributed by atoms with E-state index in [1.54, 1.807) is 39.1 Å². The normalized spacial score (nSPS) is 16.7. The Kier molecular flexibility index (Phi) is 9.19. The van der Waals surface area contributed by atoms with Crippen LogP contribution < -0.4 is 0 Å². The fourth-order valence-corrected chi connectivity index (χ4v) is 8.29. The van der Waals surface area contributed by atoms with Crippen LogP contribution in [0.1, 0.15) is 114 Å². The van der Waals surface area contributed by atoms with Gasteiger partial charge in [-0.15, -0.1) is 47.5 Å². The molecule has 0 fully saturated rings. The molecule has 3 aromatic heterocycles. The molecule has 9 rings (SSSR count). The van der Waals surface area contributed by atoms with Crippen molar-refractivity contribution >= 4 is 21.9 Å². The monoisotopic (exact) mass is 987 g/mol. The number of fused-ring (bicyclic) bond motifs is 6. The largest absolute Gasteiger partial charge is 0.501 e. The van der Waals surface area contributed by atoms with Crippen molar-refractivity contribution in [2.75, 3.05) is 0 Å². The second-order valence-corrected chi connectivity index (χ2v) is 19.1. The van der Waals surface area contributed by atoms with Crippen LogP contribution in [0.2, 0.25) is 0 Å². The molecular formula is C57H58IrN2O-2. The van der Waals surface area contributed by atoms with Crippen molar-refractivity contribution in [3.05, 3.63) is 167 Å². The van der Waals surface area contributed by atoms with Crippen LogP contribution in [0.3, 0.4) is 0 Å². The van der Waals surface area contributed by atoms with Gasteiger partial charge in [0.1, 0.15) is 5.58 Å². The third kappa shape index (κ3) is 8.30. The summed E-state index contributed by atoms with van der Waals surface area (Å²) >= 11 is 0. The molecule has 0 unspecified atom stereocenters. The number of pyridine rings is 2. The Morgan fingerprint density at radius 3 is 2.13 bits per heavy atom. The molecule has 1 aliphatic carbocycles. The molecule has 0 saturated heterocycles. The zero-order chi connectivity index (χ0) is 49.6. The van der Waals surface area contributed by atoms with Crippen molar-refractivity contribution in [1.29, 1.82) is 0 Å². The molecule has 0 atom stereocenters. The fraction of sp³-hybridized carbons (Fsp3) is 0.298. The average molecular weight is 987 g/mol. The molecule has 4 heteroatoms. The predicted octanol–water partition coefficient (Wildman–Crippen LogP) is 15.4. The van der Waals surface area contributed by atoms with Gasteiger partial charge in [0.25, 0.3) is 0 Å². The van der Waals surface area contributed by atoms with Gasteiger partial charge in [-0.25, -0.2) is 0 Å². The topological polar surface area (TPSA) is 38.9 Å². The standard InChI is InChI=1S/C35H36NO.C22H22N.Ir/c1-21-20-36-30(16-22(21)19-33(2,3)4)25-14-11-13-24-27-17-29-26(18-31(27)37-32(24)25)23-12-9-10-15-28(23)34(5,6)35(29,7)8;1-16-10-11-18(14-20(16)17-8-6-5-7-9-17)21-15-19(12-13-23-21)22(2,3)4;/h9-13,15-18,20H,19H2,1-8H3;5-10,12-15H,1-4H3;/q2*-1;/i1D3,19D2;1D3;. The molecule has 8 aromatic rings. The number of aromatic nitrogens is 2. The first-order valence-electron chi connectivity index (χ1n) is 24.6. The van der Waals surface area contributed by atoms with Crippen molar-refractivity contribution in [2.24, 2.45) is 5.41 Å². The Balaban J connectivity index is 0.000000224. The first-order valence-corrected chi connectivity index (χ1v) is 20.6. The fourth-order valence-electron chi connectivity index (χ4n) is 8.29. The zero-order valence-electron chi connectivity index (χ0n) is 44.7. The van der Waals surface area contributed by atoms with Gasteiger partial charge in [0, 0.05) is 48.9 Å². The molecule has 3 heterocycles. The molecule has 0 amide bonds. The second-order valence-electron chi connectivity index (χ2n) is 19.1. The van der Waals surface area contributed by atoms with E-state index in [0.29, 0.717) is 28.0 Å². The third-order valence-electron chi connectivity index (χ3n) is 12.3. The minimum atomic E-state index is -2.51. The molecule has 0 aliphatic heterocycles. The number of aryl methyl sites for hydroxylation is 2. The molecule has 313 valence electrons. The quantitative estimate of drug-likeness (QED) is 0.165. The molecule has 1 aliphatic rings. The van der Waals surface area contributed by atoms with Gasteiger partial charge in [-0.2, -0.15) is 0 Å². The summed E-state index contributed by atoms with van der Waals surface area (Å²) in [5, 5.41) is 1.91. The molecule has 0 spiro atoms. The molecule has 0 N–H and O–H groups in total. The first kappa shape index (κ1) is 34.4. The molecular weight excluding hydrogens is 921 g/mol. The van der Waals surface area contributed by atoms with Crippen LogP contribution in [0.5, 0.6) is 0 Å². The zero-order valence-corrected chi connectivity index (χ0v) is 39.1. The van der Waals surface area contributed by atoms with E-state index in [1.165, 1.54) is 28.5 Å². The van der Waals surface area contributed by atoms with Crippen molar-refractivity contribution in [2.45, 2.75) is 106 Å². The van der Waals surface area contributed by atoms with Crippen LogP contribution in [0, 0.1) is 31.3 Å². The van der Waals surface area contributed by atoms with E-state index in [9.17, 15) is 0 Å². The van der Waals surface area contributed by atoms with Crippen molar-refractivity contribution in [3.63, 3.8) is 0 Å². The molecule has 0 saturated carbocycles. The maximum Gasteiger partial charge on any atom is 0.121 e. The molecule has 5 aromatic carbocycles. The smallest absolute Gasteiger partial charge is 0.121 e. The van der Waals surface area contributed by atoms with Crippen molar-refractivity contribution in [3.8, 4) is 44.8 Å². The van der Waals surface area contributed by atoms with Crippen LogP contribution in [0.15, 0.2) is 126 Å². The Bertz CT molecular complexity index is 3210. The first-order chi connectivity index (χ1) is 31.5. The summed E-state index contributed by atoms with van der Waals surface area (Å²) in [6.07, 6.45) is 1.15. The van der Waals surface area contributed by atoms with Crippen molar-refractivity contribution < 1.29 is 35.5 Å². The number of benzene rings is 5. The average Bonchev–Trinajstić information content (AvgIpc) is 3.65. The van der Waals surface area contributed by atoms with E-state index < -0.39 is 25.5 Å². The Hall–Kier alpha value is -5.15. The van der Waals surface area contributed by atoms with E-state index in [2.05, 4.69) is 113 Å². The summed E-state index contributed by atoms with van der Waals surface area (Å²) in [5.74, 6) is 0. The minimum absolute atomic E-state index is 0. The second kappa shape index (κ2) is 16.3. The summed E-state index contributed by atoms with van der Waals surface area (Å²) in [6.45, 7) is 16.3. The van der Waals surface area contributed by atoms with E-state index >= 15 is 0 Å². The number of hydrogen-bond acceptors (Lipinski definition) is 3. The number of rotatable bonds is 4. The van der Waals surface area contributed by atoms with Gasteiger partial charge in [-0.1, -0.05) is 165 Å². The van der Waals surface area contributed by atoms with Crippen LogP contribution in [0.25, 0.3) is 66.7 Å². The molecule has 61 heavy (non-hydrogen) atoms. The van der Waals surface area contributed by atoms with Crippen molar-refractivity contribution in [1.82, 2.24) is 9.97 Å². The summed E-state index contributed by atoms with van der Waals surface area (Å²) in [4.78, 5) is 9.00. The molecule has 3 nitrogen and oxygen atoms in total. The Morgan fingerprint density at radius 2 is 1.41 bits per heavy atom. The van der Waals surface area contributed by atoms with E-state index in [0.717, 1.165) is 38.7 Å². The van der Waals surface area contributed by atoms with Gasteiger partial charge >= 0.3 is 0 Å². The van der Waals surface area contributed by atoms with Crippen LogP contribution >= 0.6 is 0 Å². The minimum Gasteiger partial charge on any atom is -0.501 e. The molecule has 1 radical (unpaired) electrons. The van der Waals surface area contributed by atoms with Crippen LogP contribution in [-0.4, -0.2) is 9.97 Å². The van der Waals surface area contributed by atoms with Gasteiger partial charge in [0.15, 0.2) is 0 Å². The Morgan fingerprint density at radius 1 is 0.689 bits per heavy atom. The van der Waals surface area contributed by atoms with Crippen LogP contribution in [-0.2, 0) is 42.7 Å². The SMILES string of the molecule is [2H]C([2H])([2H])c1c[c-]c(-c2cc(C(C)(C)C)ccn2)cc1-c1ccccc1.[2H]C([2H])([2H])c1cnc(-c2[c-]ccc3c2oc2cc4c(cc23)C(C)(C)C(C)(C)c2ccccc2-4)cc1C([2H])([2H])C(C)(C)C.[Ir]. The number of furan rings is 1. The molecule has 0 bridgehead atoms. The summed E-state index contributed by atoms with van der Waals surface area (Å²) < 4.78 is 72.2. The number of nitrogens with zero attached hydrogens (tertiary/aromatic N) is 2. The van der Waals surface area contributed by atoms with Gasteiger partial charge < -0.3 is 14.4 Å². The van der Waals surface area contributed by atoms with Crippen LogP contribution in [0.4, 0.5) is 0 Å². The van der Waals surface area contributed by atoms with Gasteiger partial charge in [0.05, 0.1) is 5.58 Å². The maximum atomic E-state index is 8.93. The van der Waals surface area contributed by atoms with Gasteiger partial charge in [-0.05, 0) is 103 Å². The third-order valence-corrected chi connectivity index (χ3v) is 12.3.